The highest BCUT2D eigenvalue weighted by molar-refractivity contribution is 6.06. The van der Waals surface area contributed by atoms with Gasteiger partial charge < -0.3 is 10.1 Å². The summed E-state index contributed by atoms with van der Waals surface area (Å²) in [7, 11) is 1.62. The van der Waals surface area contributed by atoms with E-state index < -0.39 is 0 Å². The Kier molecular flexibility index (Phi) is 4.34. The molecule has 1 amide bonds. The number of carbonyl (C=O) groups excluding carboxylic acids is 1. The Balaban J connectivity index is 1.74. The van der Waals surface area contributed by atoms with Crippen LogP contribution in [-0.4, -0.2) is 18.0 Å². The van der Waals surface area contributed by atoms with Crippen molar-refractivity contribution in [2.24, 2.45) is 0 Å². The summed E-state index contributed by atoms with van der Waals surface area (Å²) < 4.78 is 5.11. The fraction of sp³-hybridized carbons (Fsp3) is 0.0526. The molecule has 3 aromatic rings. The van der Waals surface area contributed by atoms with Crippen LogP contribution >= 0.6 is 0 Å². The number of anilines is 1. The molecule has 4 nitrogen and oxygen atoms in total. The van der Waals surface area contributed by atoms with E-state index in [2.05, 4.69) is 10.3 Å². The number of nitrogens with one attached hydrogen (secondary N) is 1. The van der Waals surface area contributed by atoms with Crippen LogP contribution in [0.5, 0.6) is 5.75 Å². The highest BCUT2D eigenvalue weighted by Crippen LogP contribution is 2.21. The molecule has 0 bridgehead atoms. The fourth-order valence-corrected chi connectivity index (χ4v) is 2.27. The van der Waals surface area contributed by atoms with Crippen LogP contribution in [0.4, 0.5) is 5.69 Å². The first kappa shape index (κ1) is 14.8. The molecule has 0 radical (unpaired) electrons. The summed E-state index contributed by atoms with van der Waals surface area (Å²) in [6, 6.07) is 16.9. The van der Waals surface area contributed by atoms with Crippen molar-refractivity contribution in [2.75, 3.05) is 12.4 Å². The molecule has 0 aliphatic rings. The van der Waals surface area contributed by atoms with Crippen molar-refractivity contribution in [3.8, 4) is 5.75 Å². The van der Waals surface area contributed by atoms with E-state index >= 15 is 0 Å². The van der Waals surface area contributed by atoms with Crippen LogP contribution in [0, 0.1) is 0 Å². The first-order valence-electron chi connectivity index (χ1n) is 7.23. The molecule has 0 spiro atoms. The van der Waals surface area contributed by atoms with Gasteiger partial charge in [0.25, 0.3) is 0 Å². The Morgan fingerprint density at radius 3 is 2.70 bits per heavy atom. The summed E-state index contributed by atoms with van der Waals surface area (Å²) in [5, 5.41) is 3.81. The van der Waals surface area contributed by atoms with Crippen LogP contribution < -0.4 is 10.1 Å². The van der Waals surface area contributed by atoms with Crippen LogP contribution in [0.15, 0.2) is 66.9 Å². The number of fused-ring (bicyclic) bond motifs is 1. The van der Waals surface area contributed by atoms with Crippen LogP contribution in [0.2, 0.25) is 0 Å². The minimum absolute atomic E-state index is 0.183. The van der Waals surface area contributed by atoms with Crippen LogP contribution in [0.3, 0.4) is 0 Å². The van der Waals surface area contributed by atoms with Gasteiger partial charge in [0.05, 0.1) is 18.3 Å². The summed E-state index contributed by atoms with van der Waals surface area (Å²) in [6.45, 7) is 0. The highest BCUT2D eigenvalue weighted by Gasteiger charge is 2.03. The number of hydrogen-bond acceptors (Lipinski definition) is 3. The van der Waals surface area contributed by atoms with Crippen molar-refractivity contribution < 1.29 is 9.53 Å². The Morgan fingerprint density at radius 2 is 1.91 bits per heavy atom. The van der Waals surface area contributed by atoms with Crippen molar-refractivity contribution >= 4 is 28.6 Å². The number of benzene rings is 2. The summed E-state index contributed by atoms with van der Waals surface area (Å²) >= 11 is 0. The fourth-order valence-electron chi connectivity index (χ4n) is 2.27. The molecule has 1 aromatic heterocycles. The third-order valence-electron chi connectivity index (χ3n) is 3.45. The van der Waals surface area contributed by atoms with E-state index in [9.17, 15) is 4.79 Å². The van der Waals surface area contributed by atoms with Crippen molar-refractivity contribution in [3.63, 3.8) is 0 Å². The van der Waals surface area contributed by atoms with E-state index in [1.165, 1.54) is 6.08 Å². The average molecular weight is 304 g/mol. The van der Waals surface area contributed by atoms with Crippen molar-refractivity contribution in [1.82, 2.24) is 4.98 Å². The molecular weight excluding hydrogens is 288 g/mol. The maximum Gasteiger partial charge on any atom is 0.248 e. The molecule has 0 atom stereocenters. The Labute approximate surface area is 134 Å². The maximum atomic E-state index is 12.1. The van der Waals surface area contributed by atoms with E-state index in [1.54, 1.807) is 19.4 Å². The monoisotopic (exact) mass is 304 g/mol. The summed E-state index contributed by atoms with van der Waals surface area (Å²) in [6.07, 6.45) is 5.01. The minimum Gasteiger partial charge on any atom is -0.497 e. The van der Waals surface area contributed by atoms with E-state index in [0.717, 1.165) is 27.9 Å². The number of carbonyl (C=O) groups is 1. The molecule has 2 aromatic carbocycles. The number of pyridine rings is 1. The largest absolute Gasteiger partial charge is 0.497 e. The second-order valence-electron chi connectivity index (χ2n) is 4.97. The second kappa shape index (κ2) is 6.75. The van der Waals surface area contributed by atoms with Gasteiger partial charge in [-0.25, -0.2) is 0 Å². The number of nitrogens with zero attached hydrogens (tertiary/aromatic N) is 1. The lowest BCUT2D eigenvalue weighted by molar-refractivity contribution is -0.111. The molecule has 0 saturated carbocycles. The lowest BCUT2D eigenvalue weighted by Gasteiger charge is -2.06. The van der Waals surface area contributed by atoms with Crippen molar-refractivity contribution in [2.45, 2.75) is 0 Å². The summed E-state index contributed by atoms with van der Waals surface area (Å²) in [4.78, 5) is 16.4. The number of hydrogen-bond donors (Lipinski definition) is 1. The minimum atomic E-state index is -0.183. The molecule has 3 rings (SSSR count). The first-order chi connectivity index (χ1) is 11.3. The van der Waals surface area contributed by atoms with E-state index in [0.29, 0.717) is 0 Å². The molecule has 114 valence electrons. The molecule has 23 heavy (non-hydrogen) atoms. The maximum absolute atomic E-state index is 12.1. The van der Waals surface area contributed by atoms with Gasteiger partial charge in [-0.15, -0.1) is 0 Å². The topological polar surface area (TPSA) is 51.2 Å². The van der Waals surface area contributed by atoms with E-state index in [-0.39, 0.29) is 5.91 Å². The lowest BCUT2D eigenvalue weighted by atomic mass is 10.1. The molecule has 0 fully saturated rings. The molecule has 0 saturated heterocycles. The summed E-state index contributed by atoms with van der Waals surface area (Å²) in [5.74, 6) is 0.604. The number of amides is 1. The van der Waals surface area contributed by atoms with Crippen molar-refractivity contribution in [1.29, 1.82) is 0 Å². The molecule has 0 unspecified atom stereocenters. The zero-order valence-electron chi connectivity index (χ0n) is 12.7. The van der Waals surface area contributed by atoms with Gasteiger partial charge in [-0.2, -0.15) is 0 Å². The third kappa shape index (κ3) is 3.55. The van der Waals surface area contributed by atoms with Gasteiger partial charge in [-0.1, -0.05) is 18.2 Å². The van der Waals surface area contributed by atoms with Crippen LogP contribution in [0.25, 0.3) is 17.0 Å². The number of rotatable bonds is 4. The molecule has 0 aliphatic heterocycles. The summed E-state index contributed by atoms with van der Waals surface area (Å²) in [5.41, 5.74) is 2.53. The smallest absolute Gasteiger partial charge is 0.248 e. The van der Waals surface area contributed by atoms with Gasteiger partial charge in [0.15, 0.2) is 0 Å². The molecular formula is C19H16N2O2. The Bertz CT molecular complexity index is 849. The molecule has 1 N–H and O–H groups in total. The standard InChI is InChI=1S/C19H16N2O2/c1-23-15-10-7-14(8-11-15)9-12-19(22)21-18-6-2-5-17-16(18)4-3-13-20-17/h2-13H,1H3,(H,21,22)/b12-9+. The second-order valence-corrected chi connectivity index (χ2v) is 4.97. The first-order valence-corrected chi connectivity index (χ1v) is 7.23. The van der Waals surface area contributed by atoms with E-state index in [1.807, 2.05) is 54.6 Å². The van der Waals surface area contributed by atoms with Gasteiger partial charge in [0, 0.05) is 17.7 Å². The molecule has 0 aliphatic carbocycles. The predicted molar refractivity (Wildman–Crippen MR) is 92.4 cm³/mol. The quantitative estimate of drug-likeness (QED) is 0.744. The van der Waals surface area contributed by atoms with Crippen LogP contribution in [-0.2, 0) is 4.79 Å². The van der Waals surface area contributed by atoms with Gasteiger partial charge in [-0.3, -0.25) is 9.78 Å². The lowest BCUT2D eigenvalue weighted by Crippen LogP contribution is -2.08. The van der Waals surface area contributed by atoms with Crippen molar-refractivity contribution in [3.05, 3.63) is 72.4 Å². The molecule has 1 heterocycles. The zero-order chi connectivity index (χ0) is 16.1. The number of ether oxygens (including phenoxy) is 1. The molecule has 4 heteroatoms. The average Bonchev–Trinajstić information content (AvgIpc) is 2.61. The van der Waals surface area contributed by atoms with Gasteiger partial charge in [-0.05, 0) is 48.0 Å². The zero-order valence-corrected chi connectivity index (χ0v) is 12.7. The van der Waals surface area contributed by atoms with E-state index in [4.69, 9.17) is 4.74 Å². The SMILES string of the molecule is COc1ccc(/C=C/C(=O)Nc2cccc3ncccc23)cc1. The predicted octanol–water partition coefficient (Wildman–Crippen LogP) is 3.90. The number of aromatic nitrogens is 1. The third-order valence-corrected chi connectivity index (χ3v) is 3.45. The van der Waals surface area contributed by atoms with Gasteiger partial charge in [0.1, 0.15) is 5.75 Å². The number of methoxy groups -OCH3 is 1. The highest BCUT2D eigenvalue weighted by atomic mass is 16.5. The Hall–Kier alpha value is -3.14. The van der Waals surface area contributed by atoms with Gasteiger partial charge in [0.2, 0.25) is 5.91 Å². The van der Waals surface area contributed by atoms with Crippen LogP contribution in [0.1, 0.15) is 5.56 Å². The van der Waals surface area contributed by atoms with Gasteiger partial charge >= 0.3 is 0 Å². The Morgan fingerprint density at radius 1 is 1.09 bits per heavy atom. The normalized spacial score (nSPS) is 10.8.